The maximum Gasteiger partial charge on any atom is 0.251 e. The van der Waals surface area contributed by atoms with Crippen LogP contribution in [-0.2, 0) is 11.4 Å². The molecule has 28 heavy (non-hydrogen) atoms. The average molecular weight is 385 g/mol. The summed E-state index contributed by atoms with van der Waals surface area (Å²) in [5.41, 5.74) is 2.19. The van der Waals surface area contributed by atoms with Gasteiger partial charge in [0.2, 0.25) is 5.91 Å². The van der Waals surface area contributed by atoms with E-state index >= 15 is 0 Å². The van der Waals surface area contributed by atoms with Crippen molar-refractivity contribution in [2.75, 3.05) is 6.54 Å². The summed E-state index contributed by atoms with van der Waals surface area (Å²) in [7, 11) is 0. The van der Waals surface area contributed by atoms with Gasteiger partial charge in [-0.05, 0) is 44.9 Å². The first kappa shape index (κ1) is 19.9. The van der Waals surface area contributed by atoms with Gasteiger partial charge in [-0.1, -0.05) is 24.1 Å². The van der Waals surface area contributed by atoms with Gasteiger partial charge in [0, 0.05) is 24.6 Å². The molecule has 1 saturated carbocycles. The Morgan fingerprint density at radius 1 is 1.25 bits per heavy atom. The van der Waals surface area contributed by atoms with Gasteiger partial charge in [-0.15, -0.1) is 0 Å². The molecule has 0 radical (unpaired) electrons. The highest BCUT2D eigenvalue weighted by Crippen LogP contribution is 2.19. The number of ether oxygens (including phenoxy) is 1. The molecule has 150 valence electrons. The summed E-state index contributed by atoms with van der Waals surface area (Å²) in [6, 6.07) is 7.27. The van der Waals surface area contributed by atoms with Gasteiger partial charge in [0.15, 0.2) is 0 Å². The highest BCUT2D eigenvalue weighted by Gasteiger charge is 2.17. The van der Waals surface area contributed by atoms with Gasteiger partial charge in [0.1, 0.15) is 18.1 Å². The molecule has 1 aliphatic carbocycles. The zero-order valence-corrected chi connectivity index (χ0v) is 16.4. The summed E-state index contributed by atoms with van der Waals surface area (Å²) < 4.78 is 10.9. The number of aromatic nitrogens is 1. The third kappa shape index (κ3) is 5.34. The fraction of sp³-hybridized carbons (Fsp3) is 0.476. The largest absolute Gasteiger partial charge is 0.489 e. The minimum Gasteiger partial charge on any atom is -0.489 e. The molecule has 2 amide bonds. The summed E-state index contributed by atoms with van der Waals surface area (Å²) in [6.07, 6.45) is 4.74. The zero-order valence-electron chi connectivity index (χ0n) is 16.4. The Morgan fingerprint density at radius 2 is 2.04 bits per heavy atom. The van der Waals surface area contributed by atoms with Crippen LogP contribution in [0.25, 0.3) is 0 Å². The van der Waals surface area contributed by atoms with Gasteiger partial charge in [-0.2, -0.15) is 0 Å². The first-order valence-electron chi connectivity index (χ1n) is 9.75. The number of aryl methyl sites for hydroxylation is 2. The second-order valence-electron chi connectivity index (χ2n) is 7.17. The summed E-state index contributed by atoms with van der Waals surface area (Å²) in [5, 5.41) is 9.71. The second-order valence-corrected chi connectivity index (χ2v) is 7.17. The van der Waals surface area contributed by atoms with Crippen molar-refractivity contribution in [1.29, 1.82) is 0 Å². The fourth-order valence-electron chi connectivity index (χ4n) is 3.35. The molecule has 0 atom stereocenters. The normalized spacial score (nSPS) is 14.1. The van der Waals surface area contributed by atoms with Crippen molar-refractivity contribution in [2.24, 2.45) is 0 Å². The predicted molar refractivity (Wildman–Crippen MR) is 104 cm³/mol. The number of hydrogen-bond acceptors (Lipinski definition) is 5. The molecule has 0 saturated heterocycles. The van der Waals surface area contributed by atoms with Crippen LogP contribution in [0, 0.1) is 13.8 Å². The van der Waals surface area contributed by atoms with Crippen LogP contribution in [0.4, 0.5) is 0 Å². The Balaban J connectivity index is 1.46. The number of nitrogens with one attached hydrogen (secondary N) is 2. The van der Waals surface area contributed by atoms with Gasteiger partial charge in [0.05, 0.1) is 11.3 Å². The van der Waals surface area contributed by atoms with Gasteiger partial charge < -0.3 is 19.9 Å². The molecule has 1 heterocycles. The highest BCUT2D eigenvalue weighted by molar-refractivity contribution is 5.94. The van der Waals surface area contributed by atoms with Crippen molar-refractivity contribution < 1.29 is 18.8 Å². The Labute approximate surface area is 164 Å². The number of amides is 2. The van der Waals surface area contributed by atoms with E-state index < -0.39 is 0 Å². The molecule has 0 bridgehead atoms. The van der Waals surface area contributed by atoms with E-state index in [1.807, 2.05) is 13.8 Å². The lowest BCUT2D eigenvalue weighted by Gasteiger charge is -2.12. The molecule has 7 nitrogen and oxygen atoms in total. The first-order valence-corrected chi connectivity index (χ1v) is 9.75. The minimum absolute atomic E-state index is 0.0104. The summed E-state index contributed by atoms with van der Waals surface area (Å²) in [4.78, 5) is 24.3. The van der Waals surface area contributed by atoms with Crippen molar-refractivity contribution in [2.45, 2.75) is 58.6 Å². The molecule has 2 N–H and O–H groups in total. The van der Waals surface area contributed by atoms with E-state index in [2.05, 4.69) is 15.8 Å². The van der Waals surface area contributed by atoms with Crippen LogP contribution in [0.2, 0.25) is 0 Å². The number of carbonyl (C=O) groups excluding carboxylic acids is 2. The number of carbonyl (C=O) groups is 2. The standard InChI is InChI=1S/C21H27N3O4/c1-14-19(15(2)28-24-14)13-27-18-9-5-6-16(12-18)21(26)22-11-10-20(25)23-17-7-3-4-8-17/h5-6,9,12,17H,3-4,7-8,10-11,13H2,1-2H3,(H,22,26)(H,23,25). The maximum absolute atomic E-state index is 12.3. The molecular formula is C21H27N3O4. The van der Waals surface area contributed by atoms with E-state index in [4.69, 9.17) is 9.26 Å². The smallest absolute Gasteiger partial charge is 0.251 e. The summed E-state index contributed by atoms with van der Waals surface area (Å²) >= 11 is 0. The van der Waals surface area contributed by atoms with Crippen molar-refractivity contribution in [1.82, 2.24) is 15.8 Å². The number of hydrogen-bond donors (Lipinski definition) is 2. The average Bonchev–Trinajstić information content (AvgIpc) is 3.30. The fourth-order valence-corrected chi connectivity index (χ4v) is 3.35. The second kappa shape index (κ2) is 9.39. The van der Waals surface area contributed by atoms with Crippen LogP contribution in [-0.4, -0.2) is 29.6 Å². The van der Waals surface area contributed by atoms with Crippen LogP contribution in [0.1, 0.15) is 59.5 Å². The number of rotatable bonds is 8. The molecule has 1 aromatic heterocycles. The molecule has 0 spiro atoms. The number of nitrogens with zero attached hydrogens (tertiary/aromatic N) is 1. The van der Waals surface area contributed by atoms with E-state index in [-0.39, 0.29) is 18.2 Å². The SMILES string of the molecule is Cc1noc(C)c1COc1cccc(C(=O)NCCC(=O)NC2CCCC2)c1. The molecule has 0 unspecified atom stereocenters. The van der Waals surface area contributed by atoms with Crippen molar-refractivity contribution in [3.05, 3.63) is 46.8 Å². The van der Waals surface area contributed by atoms with Gasteiger partial charge in [-0.3, -0.25) is 9.59 Å². The van der Waals surface area contributed by atoms with E-state index in [0.29, 0.717) is 30.5 Å². The Bertz CT molecular complexity index is 805. The Morgan fingerprint density at radius 3 is 2.75 bits per heavy atom. The molecule has 1 aliphatic rings. The molecule has 0 aliphatic heterocycles. The molecule has 3 rings (SSSR count). The maximum atomic E-state index is 12.3. The van der Waals surface area contributed by atoms with E-state index in [9.17, 15) is 9.59 Å². The van der Waals surface area contributed by atoms with Crippen LogP contribution in [0.3, 0.4) is 0 Å². The Hall–Kier alpha value is -2.83. The third-order valence-electron chi connectivity index (χ3n) is 5.02. The summed E-state index contributed by atoms with van der Waals surface area (Å²) in [5.74, 6) is 1.08. The lowest BCUT2D eigenvalue weighted by molar-refractivity contribution is -0.121. The topological polar surface area (TPSA) is 93.5 Å². The van der Waals surface area contributed by atoms with Gasteiger partial charge in [-0.25, -0.2) is 0 Å². The van der Waals surface area contributed by atoms with Crippen LogP contribution in [0.15, 0.2) is 28.8 Å². The molecule has 7 heteroatoms. The van der Waals surface area contributed by atoms with Crippen LogP contribution >= 0.6 is 0 Å². The molecular weight excluding hydrogens is 358 g/mol. The lowest BCUT2D eigenvalue weighted by atomic mass is 10.2. The number of benzene rings is 1. The van der Waals surface area contributed by atoms with Gasteiger partial charge in [0.25, 0.3) is 5.91 Å². The molecule has 1 fully saturated rings. The van der Waals surface area contributed by atoms with E-state index in [1.54, 1.807) is 24.3 Å². The van der Waals surface area contributed by atoms with Crippen molar-refractivity contribution >= 4 is 11.8 Å². The Kier molecular flexibility index (Phi) is 6.68. The van der Waals surface area contributed by atoms with Crippen molar-refractivity contribution in [3.8, 4) is 5.75 Å². The van der Waals surface area contributed by atoms with Gasteiger partial charge >= 0.3 is 0 Å². The summed E-state index contributed by atoms with van der Waals surface area (Å²) in [6.45, 7) is 4.34. The minimum atomic E-state index is -0.226. The monoisotopic (exact) mass is 385 g/mol. The predicted octanol–water partition coefficient (Wildman–Crippen LogP) is 3.05. The van der Waals surface area contributed by atoms with Crippen molar-refractivity contribution in [3.63, 3.8) is 0 Å². The lowest BCUT2D eigenvalue weighted by Crippen LogP contribution is -2.35. The zero-order chi connectivity index (χ0) is 19.9. The van der Waals surface area contributed by atoms with Crippen LogP contribution < -0.4 is 15.4 Å². The van der Waals surface area contributed by atoms with Crippen LogP contribution in [0.5, 0.6) is 5.75 Å². The third-order valence-corrected chi connectivity index (χ3v) is 5.02. The first-order chi connectivity index (χ1) is 13.5. The molecule has 2 aromatic rings. The van der Waals surface area contributed by atoms with E-state index in [0.717, 1.165) is 29.9 Å². The van der Waals surface area contributed by atoms with E-state index in [1.165, 1.54) is 12.8 Å². The highest BCUT2D eigenvalue weighted by atomic mass is 16.5. The molecule has 1 aromatic carbocycles. The quantitative estimate of drug-likeness (QED) is 0.728.